The van der Waals surface area contributed by atoms with Crippen LogP contribution < -0.4 is 4.74 Å². The van der Waals surface area contributed by atoms with Gasteiger partial charge in [0, 0.05) is 50.0 Å². The van der Waals surface area contributed by atoms with E-state index in [1.807, 2.05) is 83.4 Å². The number of fused-ring (bicyclic) bond motifs is 10. The normalized spacial score (nSPS) is 13.6. The number of para-hydroxylation sites is 2. The molecule has 1 aliphatic rings. The summed E-state index contributed by atoms with van der Waals surface area (Å²) in [5.74, 6) is 1.46. The molecule has 6 nitrogen and oxygen atoms in total. The van der Waals surface area contributed by atoms with Gasteiger partial charge in [0.2, 0.25) is 0 Å². The smallest absolute Gasteiger partial charge is 0.147 e. The lowest BCUT2D eigenvalue weighted by Crippen LogP contribution is -2.23. The molecule has 1 aliphatic heterocycles. The Kier molecular flexibility index (Phi) is 6.05. The van der Waals surface area contributed by atoms with E-state index < -0.39 is 0 Å². The van der Waals surface area contributed by atoms with Crippen LogP contribution in [-0.2, 0) is 5.41 Å². The summed E-state index contributed by atoms with van der Waals surface area (Å²) in [6, 6.07) is 44.1. The number of ether oxygens (including phenoxy) is 1. The second kappa shape index (κ2) is 10.5. The van der Waals surface area contributed by atoms with Gasteiger partial charge < -0.3 is 4.74 Å². The molecule has 234 valence electrons. The van der Waals surface area contributed by atoms with Gasteiger partial charge in [0.1, 0.15) is 22.8 Å². The first-order valence-electron chi connectivity index (χ1n) is 16.4. The lowest BCUT2D eigenvalue weighted by atomic mass is 9.77. The van der Waals surface area contributed by atoms with E-state index >= 15 is 0 Å². The molecular weight excluding hydrogens is 623 g/mol. The van der Waals surface area contributed by atoms with Crippen LogP contribution in [0.4, 0.5) is 0 Å². The number of hydrogen-bond donors (Lipinski definition) is 0. The number of nitrogens with zero attached hydrogens (tertiary/aromatic N) is 5. The monoisotopic (exact) mass is 651 g/mol. The number of imidazole rings is 1. The highest BCUT2D eigenvalue weighted by molar-refractivity contribution is 7.99. The van der Waals surface area contributed by atoms with Crippen molar-refractivity contribution in [2.75, 3.05) is 0 Å². The van der Waals surface area contributed by atoms with Crippen molar-refractivity contribution < 1.29 is 4.74 Å². The second-order valence-corrected chi connectivity index (χ2v) is 14.1. The van der Waals surface area contributed by atoms with E-state index in [2.05, 4.69) is 91.0 Å². The molecule has 0 radical (unpaired) electrons. The average molecular weight is 652 g/mol. The van der Waals surface area contributed by atoms with Gasteiger partial charge in [0.25, 0.3) is 0 Å². The molecule has 0 saturated heterocycles. The van der Waals surface area contributed by atoms with Crippen LogP contribution in [0.1, 0.15) is 25.0 Å². The van der Waals surface area contributed by atoms with Gasteiger partial charge in [-0.2, -0.15) is 5.10 Å². The zero-order valence-corrected chi connectivity index (χ0v) is 27.6. The lowest BCUT2D eigenvalue weighted by molar-refractivity contribution is 0.483. The average Bonchev–Trinajstić information content (AvgIpc) is 3.78. The van der Waals surface area contributed by atoms with Crippen molar-refractivity contribution in [2.24, 2.45) is 0 Å². The topological polar surface area (TPSA) is 57.2 Å². The summed E-state index contributed by atoms with van der Waals surface area (Å²) < 4.78 is 10.6. The fourth-order valence-electron chi connectivity index (χ4n) is 7.26. The van der Waals surface area contributed by atoms with Gasteiger partial charge in [-0.25, -0.2) is 14.6 Å². The molecule has 4 aromatic heterocycles. The number of rotatable bonds is 4. The molecule has 7 heteroatoms. The maximum atomic E-state index is 6.49. The van der Waals surface area contributed by atoms with E-state index in [4.69, 9.17) is 19.8 Å². The van der Waals surface area contributed by atoms with E-state index in [0.717, 1.165) is 66.9 Å². The Labute approximate surface area is 286 Å². The Hall–Kier alpha value is -5.92. The van der Waals surface area contributed by atoms with Crippen LogP contribution in [-0.4, -0.2) is 24.1 Å². The van der Waals surface area contributed by atoms with Gasteiger partial charge in [-0.1, -0.05) is 68.1 Å². The Bertz CT molecular complexity index is 2780. The maximum absolute atomic E-state index is 6.49. The van der Waals surface area contributed by atoms with Crippen LogP contribution in [0.15, 0.2) is 150 Å². The van der Waals surface area contributed by atoms with E-state index in [9.17, 15) is 0 Å². The van der Waals surface area contributed by atoms with Crippen LogP contribution >= 0.6 is 11.8 Å². The lowest BCUT2D eigenvalue weighted by Gasteiger charge is -2.34. The highest BCUT2D eigenvalue weighted by Gasteiger charge is 2.33. The van der Waals surface area contributed by atoms with Crippen LogP contribution in [0.3, 0.4) is 0 Å². The highest BCUT2D eigenvalue weighted by atomic mass is 32.2. The summed E-state index contributed by atoms with van der Waals surface area (Å²) in [5.41, 5.74) is 9.28. The molecule has 0 saturated carbocycles. The largest absolute Gasteiger partial charge is 0.457 e. The maximum Gasteiger partial charge on any atom is 0.147 e. The molecule has 49 heavy (non-hydrogen) atoms. The van der Waals surface area contributed by atoms with Gasteiger partial charge in [-0.15, -0.1) is 0 Å². The molecule has 9 aromatic rings. The van der Waals surface area contributed by atoms with Crippen molar-refractivity contribution in [3.8, 4) is 28.4 Å². The summed E-state index contributed by atoms with van der Waals surface area (Å²) in [6.07, 6.45) is 3.85. The first-order valence-corrected chi connectivity index (χ1v) is 17.2. The Morgan fingerprint density at radius 1 is 0.653 bits per heavy atom. The van der Waals surface area contributed by atoms with Gasteiger partial charge in [-0.3, -0.25) is 4.40 Å². The minimum absolute atomic E-state index is 0.0922. The van der Waals surface area contributed by atoms with Crippen molar-refractivity contribution >= 4 is 50.2 Å². The van der Waals surface area contributed by atoms with Crippen molar-refractivity contribution in [3.05, 3.63) is 151 Å². The third-order valence-corrected chi connectivity index (χ3v) is 10.9. The van der Waals surface area contributed by atoms with Crippen molar-refractivity contribution in [3.63, 3.8) is 0 Å². The number of benzene rings is 5. The number of aromatic nitrogens is 5. The van der Waals surface area contributed by atoms with E-state index in [-0.39, 0.29) is 5.41 Å². The summed E-state index contributed by atoms with van der Waals surface area (Å²) in [5, 5.41) is 8.17. The SMILES string of the molecule is CC1(C)c2ccccc2Sc2ccc(-c3ccn(-c4cccc(Oc5ccc6c7cccnc7n7c8ccccc8nc7c6c5)c4)n3)cc21. The summed E-state index contributed by atoms with van der Waals surface area (Å²) in [4.78, 5) is 12.4. The highest BCUT2D eigenvalue weighted by Crippen LogP contribution is 2.49. The van der Waals surface area contributed by atoms with Gasteiger partial charge in [0.05, 0.1) is 22.4 Å². The Morgan fingerprint density at radius 2 is 1.51 bits per heavy atom. The Morgan fingerprint density at radius 3 is 2.47 bits per heavy atom. The minimum atomic E-state index is -0.0922. The van der Waals surface area contributed by atoms with Gasteiger partial charge in [-0.05, 0) is 95.4 Å². The molecule has 0 fully saturated rings. The minimum Gasteiger partial charge on any atom is -0.457 e. The number of hydrogen-bond acceptors (Lipinski definition) is 5. The van der Waals surface area contributed by atoms with E-state index in [1.165, 1.54) is 20.9 Å². The molecule has 0 atom stereocenters. The van der Waals surface area contributed by atoms with Crippen molar-refractivity contribution in [1.82, 2.24) is 24.1 Å². The molecule has 0 N–H and O–H groups in total. The zero-order valence-electron chi connectivity index (χ0n) is 26.8. The molecule has 0 amide bonds. The zero-order chi connectivity index (χ0) is 32.7. The van der Waals surface area contributed by atoms with Gasteiger partial charge >= 0.3 is 0 Å². The first-order chi connectivity index (χ1) is 24.0. The van der Waals surface area contributed by atoms with Crippen LogP contribution in [0.25, 0.3) is 55.4 Å². The molecule has 10 rings (SSSR count). The Balaban J connectivity index is 0.987. The number of pyridine rings is 2. The van der Waals surface area contributed by atoms with Crippen molar-refractivity contribution in [1.29, 1.82) is 0 Å². The third kappa shape index (κ3) is 4.39. The van der Waals surface area contributed by atoms with E-state index in [0.29, 0.717) is 0 Å². The summed E-state index contributed by atoms with van der Waals surface area (Å²) in [7, 11) is 0. The molecular formula is C42H29N5OS. The standard InChI is InChI=1S/C42H29N5OS/c1-42(2)33-12-3-6-15-38(33)49-39-19-16-26(23-34(39)42)35-20-22-46(45-35)27-9-7-10-28(24-27)48-29-17-18-30-31-11-8-21-43-40(31)47-37-14-5-4-13-36(37)44-41(47)32(30)25-29/h3-25H,1-2H3. The predicted molar refractivity (Wildman–Crippen MR) is 197 cm³/mol. The fourth-order valence-corrected chi connectivity index (χ4v) is 8.64. The quantitative estimate of drug-likeness (QED) is 0.177. The molecule has 0 unspecified atom stereocenters. The van der Waals surface area contributed by atoms with Crippen LogP contribution in [0.2, 0.25) is 0 Å². The van der Waals surface area contributed by atoms with Gasteiger partial charge in [0.15, 0.2) is 0 Å². The second-order valence-electron chi connectivity index (χ2n) is 13.0. The molecule has 5 aromatic carbocycles. The predicted octanol–water partition coefficient (Wildman–Crippen LogP) is 10.6. The first kappa shape index (κ1) is 28.1. The van der Waals surface area contributed by atoms with Crippen molar-refractivity contribution in [2.45, 2.75) is 29.1 Å². The summed E-state index contributed by atoms with van der Waals surface area (Å²) in [6.45, 7) is 4.63. The van der Waals surface area contributed by atoms with E-state index in [1.54, 1.807) is 0 Å². The molecule has 0 aliphatic carbocycles. The molecule has 5 heterocycles. The third-order valence-electron chi connectivity index (χ3n) is 9.72. The fraction of sp³-hybridized carbons (Fsp3) is 0.0714. The summed E-state index contributed by atoms with van der Waals surface area (Å²) >= 11 is 1.85. The van der Waals surface area contributed by atoms with Crippen LogP contribution in [0.5, 0.6) is 11.5 Å². The van der Waals surface area contributed by atoms with Crippen LogP contribution in [0, 0.1) is 0 Å². The molecule has 0 bridgehead atoms. The molecule has 0 spiro atoms.